The zero-order chi connectivity index (χ0) is 25.4. The van der Waals surface area contributed by atoms with Gasteiger partial charge in [-0.05, 0) is 6.42 Å². The zero-order valence-corrected chi connectivity index (χ0v) is 19.0. The highest BCUT2D eigenvalue weighted by Crippen LogP contribution is 2.36. The van der Waals surface area contributed by atoms with Crippen LogP contribution in [0.15, 0.2) is 12.4 Å². The van der Waals surface area contributed by atoms with Gasteiger partial charge < -0.3 is 9.80 Å². The molecule has 14 nitrogen and oxygen atoms in total. The molecule has 0 atom stereocenters. The van der Waals surface area contributed by atoms with Crippen LogP contribution in [-0.4, -0.2) is 69.2 Å². The standard InChI is InChI=1S/C8H16N2.4FH2O3P/c1-3-4-5-10-7-6-9(2)8-10;4*1-5(2,3)4/h6-7H,3-5,8H2,1-2H3;4*(H2,2,3,4). The Morgan fingerprint density at radius 2 is 1.00 bits per heavy atom. The van der Waals surface area contributed by atoms with Gasteiger partial charge in [0.1, 0.15) is 0 Å². The molecule has 0 fully saturated rings. The van der Waals surface area contributed by atoms with Crippen LogP contribution in [0.1, 0.15) is 19.8 Å². The molecular weight excluding hydrogens is 516 g/mol. The molecule has 1 aliphatic heterocycles. The van der Waals surface area contributed by atoms with Crippen molar-refractivity contribution in [2.24, 2.45) is 0 Å². The third kappa shape index (κ3) is 123. The van der Waals surface area contributed by atoms with E-state index in [0.29, 0.717) is 0 Å². The zero-order valence-electron chi connectivity index (χ0n) is 15.4. The Hall–Kier alpha value is -0.340. The SMILES string of the molecule is CCCCN1C=CN(C)C1.O=P(O)(O)F.O=P(O)(O)F.O=P(O)(O)F.O=P(O)(O)F. The van der Waals surface area contributed by atoms with Gasteiger partial charge in [0.25, 0.3) is 0 Å². The summed E-state index contributed by atoms with van der Waals surface area (Å²) in [6, 6.07) is 0. The molecule has 0 radical (unpaired) electrons. The van der Waals surface area contributed by atoms with E-state index in [1.807, 2.05) is 0 Å². The second-order valence-electron chi connectivity index (χ2n) is 4.75. The highest BCUT2D eigenvalue weighted by Gasteiger charge is 2.07. The molecule has 22 heteroatoms. The van der Waals surface area contributed by atoms with Gasteiger partial charge >= 0.3 is 31.6 Å². The summed E-state index contributed by atoms with van der Waals surface area (Å²) in [5.41, 5.74) is 0. The maximum atomic E-state index is 10.4. The van der Waals surface area contributed by atoms with E-state index in [9.17, 15) is 16.8 Å². The molecule has 0 amide bonds. The average Bonchev–Trinajstić information content (AvgIpc) is 2.74. The Labute approximate surface area is 168 Å². The molecule has 30 heavy (non-hydrogen) atoms. The molecular formula is C8H24F4N2O12P4. The summed E-state index contributed by atoms with van der Waals surface area (Å²) < 4.78 is 76.1. The maximum Gasteiger partial charge on any atom is 0.507 e. The monoisotopic (exact) mass is 540 g/mol. The van der Waals surface area contributed by atoms with Crippen LogP contribution in [0, 0.1) is 0 Å². The van der Waals surface area contributed by atoms with Crippen molar-refractivity contribution >= 4 is 31.6 Å². The maximum absolute atomic E-state index is 10.4. The lowest BCUT2D eigenvalue weighted by Crippen LogP contribution is -2.23. The van der Waals surface area contributed by atoms with Crippen LogP contribution in [0.2, 0.25) is 0 Å². The van der Waals surface area contributed by atoms with Gasteiger partial charge in [-0.1, -0.05) is 13.3 Å². The van der Waals surface area contributed by atoms with E-state index in [2.05, 4.69) is 36.2 Å². The van der Waals surface area contributed by atoms with Gasteiger partial charge in [-0.3, -0.25) is 39.1 Å². The molecule has 0 bridgehead atoms. The van der Waals surface area contributed by atoms with Crippen molar-refractivity contribution in [3.63, 3.8) is 0 Å². The minimum Gasteiger partial charge on any atom is -0.362 e. The lowest BCUT2D eigenvalue weighted by atomic mass is 10.3. The van der Waals surface area contributed by atoms with Crippen LogP contribution in [0.4, 0.5) is 16.8 Å². The van der Waals surface area contributed by atoms with Gasteiger partial charge in [0, 0.05) is 26.0 Å². The smallest absolute Gasteiger partial charge is 0.362 e. The lowest BCUT2D eigenvalue weighted by Gasteiger charge is -2.17. The summed E-state index contributed by atoms with van der Waals surface area (Å²) in [6.07, 6.45) is 6.87. The Morgan fingerprint density at radius 1 is 0.733 bits per heavy atom. The van der Waals surface area contributed by atoms with E-state index in [-0.39, 0.29) is 0 Å². The van der Waals surface area contributed by atoms with E-state index >= 15 is 0 Å². The van der Waals surface area contributed by atoms with Crippen molar-refractivity contribution in [2.45, 2.75) is 19.8 Å². The molecule has 0 aromatic carbocycles. The molecule has 0 saturated carbocycles. The first-order chi connectivity index (χ1) is 12.8. The van der Waals surface area contributed by atoms with E-state index < -0.39 is 31.6 Å². The molecule has 1 rings (SSSR count). The van der Waals surface area contributed by atoms with Gasteiger partial charge in [-0.2, -0.15) is 0 Å². The Balaban J connectivity index is -0.000000148. The highest BCUT2D eigenvalue weighted by molar-refractivity contribution is 7.46. The first-order valence-electron chi connectivity index (χ1n) is 6.96. The fourth-order valence-electron chi connectivity index (χ4n) is 1.10. The lowest BCUT2D eigenvalue weighted by molar-refractivity contribution is 0.293. The molecule has 186 valence electrons. The normalized spacial score (nSPS) is 13.5. The first-order valence-corrected chi connectivity index (χ1v) is 13.0. The number of rotatable bonds is 3. The largest absolute Gasteiger partial charge is 0.507 e. The third-order valence-corrected chi connectivity index (χ3v) is 1.74. The number of nitrogens with zero attached hydrogens (tertiary/aromatic N) is 2. The molecule has 0 spiro atoms. The van der Waals surface area contributed by atoms with Crippen molar-refractivity contribution in [3.05, 3.63) is 12.4 Å². The molecule has 0 saturated heterocycles. The Bertz CT molecular complexity index is 533. The van der Waals surface area contributed by atoms with Crippen LogP contribution in [0.3, 0.4) is 0 Å². The van der Waals surface area contributed by atoms with E-state index in [4.69, 9.17) is 57.4 Å². The minimum atomic E-state index is -5.14. The topological polar surface area (TPSA) is 237 Å². The summed E-state index contributed by atoms with van der Waals surface area (Å²) in [7, 11) is -18.5. The fraction of sp³-hybridized carbons (Fsp3) is 0.750. The quantitative estimate of drug-likeness (QED) is 0.188. The number of hydrogen-bond donors (Lipinski definition) is 8. The number of hydrogen-bond acceptors (Lipinski definition) is 6. The predicted octanol–water partition coefficient (Wildman–Crippen LogP) is 1.66. The van der Waals surface area contributed by atoms with Crippen molar-refractivity contribution in [2.75, 3.05) is 20.3 Å². The van der Waals surface area contributed by atoms with E-state index in [0.717, 1.165) is 6.67 Å². The Morgan fingerprint density at radius 3 is 1.17 bits per heavy atom. The molecule has 1 aliphatic rings. The van der Waals surface area contributed by atoms with E-state index in [1.54, 1.807) is 0 Å². The van der Waals surface area contributed by atoms with Crippen molar-refractivity contribution < 1.29 is 74.2 Å². The summed E-state index contributed by atoms with van der Waals surface area (Å²) in [6.45, 7) is 4.50. The van der Waals surface area contributed by atoms with Crippen LogP contribution in [0.5, 0.6) is 0 Å². The van der Waals surface area contributed by atoms with Crippen LogP contribution in [-0.2, 0) is 18.3 Å². The second kappa shape index (κ2) is 17.2. The summed E-state index contributed by atoms with van der Waals surface area (Å²) >= 11 is 0. The highest BCUT2D eigenvalue weighted by atomic mass is 31.2. The van der Waals surface area contributed by atoms with Crippen molar-refractivity contribution in [3.8, 4) is 0 Å². The van der Waals surface area contributed by atoms with Gasteiger partial charge in [-0.15, -0.1) is 16.8 Å². The van der Waals surface area contributed by atoms with Gasteiger partial charge in [0.2, 0.25) is 0 Å². The summed E-state index contributed by atoms with van der Waals surface area (Å²) in [5.74, 6) is 0. The van der Waals surface area contributed by atoms with Crippen molar-refractivity contribution in [1.29, 1.82) is 0 Å². The predicted molar refractivity (Wildman–Crippen MR) is 96.0 cm³/mol. The molecule has 1 heterocycles. The van der Waals surface area contributed by atoms with Crippen LogP contribution in [0.25, 0.3) is 0 Å². The van der Waals surface area contributed by atoms with E-state index in [1.165, 1.54) is 19.4 Å². The molecule has 0 unspecified atom stereocenters. The average molecular weight is 540 g/mol. The molecule has 0 aromatic heterocycles. The minimum absolute atomic E-state index is 1.07. The summed E-state index contributed by atoms with van der Waals surface area (Å²) in [4.78, 5) is 60.2. The van der Waals surface area contributed by atoms with Gasteiger partial charge in [0.15, 0.2) is 0 Å². The molecule has 0 aromatic rings. The number of halogens is 4. The van der Waals surface area contributed by atoms with Crippen LogP contribution >= 0.6 is 31.6 Å². The van der Waals surface area contributed by atoms with Gasteiger partial charge in [0.05, 0.1) is 6.67 Å². The second-order valence-corrected chi connectivity index (χ2v) is 8.54. The first kappa shape index (κ1) is 37.0. The molecule has 0 aliphatic carbocycles. The Kier molecular flexibility index (Phi) is 21.3. The molecule has 8 N–H and O–H groups in total. The van der Waals surface area contributed by atoms with Gasteiger partial charge in [-0.25, -0.2) is 18.3 Å². The number of unbranched alkanes of at least 4 members (excludes halogenated alkanes) is 1. The fourth-order valence-corrected chi connectivity index (χ4v) is 1.10. The van der Waals surface area contributed by atoms with Crippen LogP contribution < -0.4 is 0 Å². The third-order valence-electron chi connectivity index (χ3n) is 1.74. The van der Waals surface area contributed by atoms with Crippen molar-refractivity contribution in [1.82, 2.24) is 9.80 Å². The summed E-state index contributed by atoms with van der Waals surface area (Å²) in [5, 5.41) is 0.